The largest absolute Gasteiger partial charge is 0.386 e. The Morgan fingerprint density at radius 2 is 1.88 bits per heavy atom. The predicted molar refractivity (Wildman–Crippen MR) is 62.9 cm³/mol. The van der Waals surface area contributed by atoms with Crippen LogP contribution in [0.25, 0.3) is 0 Å². The zero-order valence-corrected chi connectivity index (χ0v) is 9.96. The second kappa shape index (κ2) is 4.17. The van der Waals surface area contributed by atoms with Crippen molar-refractivity contribution in [3.05, 3.63) is 35.1 Å². The van der Waals surface area contributed by atoms with Gasteiger partial charge in [0.15, 0.2) is 0 Å². The zero-order chi connectivity index (χ0) is 11.8. The first-order valence-corrected chi connectivity index (χ1v) is 6.01. The van der Waals surface area contributed by atoms with E-state index in [1.165, 1.54) is 18.9 Å². The van der Waals surface area contributed by atoms with E-state index in [9.17, 15) is 9.50 Å². The molecule has 1 aromatic carbocycles. The van der Waals surface area contributed by atoms with Crippen LogP contribution >= 0.6 is 0 Å². The third kappa shape index (κ3) is 2.27. The number of aliphatic hydroxyl groups is 1. The summed E-state index contributed by atoms with van der Waals surface area (Å²) < 4.78 is 13.7. The van der Waals surface area contributed by atoms with Crippen LogP contribution in [0.4, 0.5) is 4.39 Å². The minimum Gasteiger partial charge on any atom is -0.386 e. The second-order valence-corrected chi connectivity index (χ2v) is 5.28. The Balaban J connectivity index is 2.36. The molecule has 0 saturated heterocycles. The Kier molecular flexibility index (Phi) is 3.02. The van der Waals surface area contributed by atoms with Crippen LogP contribution < -0.4 is 0 Å². The van der Waals surface area contributed by atoms with Gasteiger partial charge in [-0.2, -0.15) is 0 Å². The Labute approximate surface area is 96.3 Å². The lowest BCUT2D eigenvalue weighted by molar-refractivity contribution is 0.0784. The van der Waals surface area contributed by atoms with Gasteiger partial charge in [0.2, 0.25) is 0 Å². The van der Waals surface area contributed by atoms with E-state index < -0.39 is 5.60 Å². The number of halogens is 1. The maximum absolute atomic E-state index is 13.7. The fourth-order valence-electron chi connectivity index (χ4n) is 2.47. The standard InChI is InChI=1S/C14H19FO/c1-14(2,16)11-7-8-13(15)12(9-11)10-5-3-4-6-10/h7-10,16H,3-6H2,1-2H3. The van der Waals surface area contributed by atoms with Crippen molar-refractivity contribution in [3.63, 3.8) is 0 Å². The van der Waals surface area contributed by atoms with E-state index in [-0.39, 0.29) is 5.82 Å². The van der Waals surface area contributed by atoms with Crippen LogP contribution in [0.5, 0.6) is 0 Å². The van der Waals surface area contributed by atoms with Crippen molar-refractivity contribution in [2.45, 2.75) is 51.0 Å². The summed E-state index contributed by atoms with van der Waals surface area (Å²) in [5, 5.41) is 9.92. The number of benzene rings is 1. The molecule has 0 heterocycles. The van der Waals surface area contributed by atoms with Crippen LogP contribution in [0.15, 0.2) is 18.2 Å². The van der Waals surface area contributed by atoms with Crippen molar-refractivity contribution in [1.82, 2.24) is 0 Å². The molecule has 16 heavy (non-hydrogen) atoms. The molecule has 1 aliphatic carbocycles. The van der Waals surface area contributed by atoms with Crippen molar-refractivity contribution in [3.8, 4) is 0 Å². The summed E-state index contributed by atoms with van der Waals surface area (Å²) in [6.07, 6.45) is 4.53. The fraction of sp³-hybridized carbons (Fsp3) is 0.571. The summed E-state index contributed by atoms with van der Waals surface area (Å²) in [6.45, 7) is 3.47. The molecule has 0 atom stereocenters. The molecule has 2 rings (SSSR count). The van der Waals surface area contributed by atoms with Crippen molar-refractivity contribution >= 4 is 0 Å². The van der Waals surface area contributed by atoms with Crippen molar-refractivity contribution in [2.24, 2.45) is 0 Å². The molecule has 1 saturated carbocycles. The number of hydrogen-bond donors (Lipinski definition) is 1. The van der Waals surface area contributed by atoms with Gasteiger partial charge in [-0.15, -0.1) is 0 Å². The molecule has 1 fully saturated rings. The van der Waals surface area contributed by atoms with Crippen molar-refractivity contribution in [2.75, 3.05) is 0 Å². The Morgan fingerprint density at radius 3 is 2.44 bits per heavy atom. The molecule has 2 heteroatoms. The SMILES string of the molecule is CC(C)(O)c1ccc(F)c(C2CCCC2)c1. The molecule has 1 aromatic rings. The molecule has 0 unspecified atom stereocenters. The third-order valence-electron chi connectivity index (χ3n) is 3.50. The molecular weight excluding hydrogens is 203 g/mol. The van der Waals surface area contributed by atoms with Crippen LogP contribution in [0.1, 0.15) is 56.6 Å². The number of rotatable bonds is 2. The molecule has 0 radical (unpaired) electrons. The predicted octanol–water partition coefficient (Wildman–Crippen LogP) is 3.71. The van der Waals surface area contributed by atoms with Gasteiger partial charge in [-0.3, -0.25) is 0 Å². The maximum Gasteiger partial charge on any atom is 0.126 e. The normalized spacial score (nSPS) is 18.0. The van der Waals surface area contributed by atoms with Gasteiger partial charge in [0.05, 0.1) is 5.60 Å². The monoisotopic (exact) mass is 222 g/mol. The zero-order valence-electron chi connectivity index (χ0n) is 9.96. The highest BCUT2D eigenvalue weighted by Crippen LogP contribution is 2.36. The summed E-state index contributed by atoms with van der Waals surface area (Å²) in [5.74, 6) is 0.224. The van der Waals surface area contributed by atoms with E-state index in [1.54, 1.807) is 19.9 Å². The van der Waals surface area contributed by atoms with Gasteiger partial charge in [0, 0.05) is 0 Å². The smallest absolute Gasteiger partial charge is 0.126 e. The van der Waals surface area contributed by atoms with Crippen LogP contribution in [0.3, 0.4) is 0 Å². The van der Waals surface area contributed by atoms with E-state index in [0.29, 0.717) is 5.92 Å². The minimum atomic E-state index is -0.888. The fourth-order valence-corrected chi connectivity index (χ4v) is 2.47. The molecule has 1 nitrogen and oxygen atoms in total. The van der Waals surface area contributed by atoms with Gasteiger partial charge in [-0.25, -0.2) is 4.39 Å². The molecule has 0 aromatic heterocycles. The van der Waals surface area contributed by atoms with Crippen LogP contribution in [0.2, 0.25) is 0 Å². The van der Waals surface area contributed by atoms with Gasteiger partial charge in [0.25, 0.3) is 0 Å². The Bertz CT molecular complexity index is 373. The lowest BCUT2D eigenvalue weighted by Crippen LogP contribution is -2.16. The minimum absolute atomic E-state index is 0.125. The van der Waals surface area contributed by atoms with E-state index in [4.69, 9.17) is 0 Å². The summed E-state index contributed by atoms with van der Waals surface area (Å²) in [4.78, 5) is 0. The first-order chi connectivity index (χ1) is 7.48. The van der Waals surface area contributed by atoms with Crippen LogP contribution in [-0.4, -0.2) is 5.11 Å². The van der Waals surface area contributed by atoms with Crippen LogP contribution in [0, 0.1) is 5.82 Å². The molecule has 1 N–H and O–H groups in total. The van der Waals surface area contributed by atoms with Crippen molar-refractivity contribution in [1.29, 1.82) is 0 Å². The van der Waals surface area contributed by atoms with E-state index >= 15 is 0 Å². The van der Waals surface area contributed by atoms with Gasteiger partial charge < -0.3 is 5.11 Å². The summed E-state index contributed by atoms with van der Waals surface area (Å²) in [7, 11) is 0. The quantitative estimate of drug-likeness (QED) is 0.808. The summed E-state index contributed by atoms with van der Waals surface area (Å²) >= 11 is 0. The lowest BCUT2D eigenvalue weighted by Gasteiger charge is -2.20. The van der Waals surface area contributed by atoms with E-state index in [1.807, 2.05) is 6.07 Å². The van der Waals surface area contributed by atoms with Crippen LogP contribution in [-0.2, 0) is 5.60 Å². The molecule has 0 spiro atoms. The molecular formula is C14H19FO. The average Bonchev–Trinajstić information content (AvgIpc) is 2.69. The highest BCUT2D eigenvalue weighted by Gasteiger charge is 2.23. The van der Waals surface area contributed by atoms with Gasteiger partial charge in [-0.1, -0.05) is 18.9 Å². The molecule has 0 amide bonds. The third-order valence-corrected chi connectivity index (χ3v) is 3.50. The van der Waals surface area contributed by atoms with Gasteiger partial charge >= 0.3 is 0 Å². The van der Waals surface area contributed by atoms with E-state index in [2.05, 4.69) is 0 Å². The Hall–Kier alpha value is -0.890. The maximum atomic E-state index is 13.7. The van der Waals surface area contributed by atoms with E-state index in [0.717, 1.165) is 24.0 Å². The highest BCUT2D eigenvalue weighted by molar-refractivity contribution is 5.31. The van der Waals surface area contributed by atoms with Gasteiger partial charge in [-0.05, 0) is 55.9 Å². The van der Waals surface area contributed by atoms with Crippen molar-refractivity contribution < 1.29 is 9.50 Å². The Morgan fingerprint density at radius 1 is 1.25 bits per heavy atom. The first kappa shape index (κ1) is 11.6. The van der Waals surface area contributed by atoms with Gasteiger partial charge in [0.1, 0.15) is 5.82 Å². The lowest BCUT2D eigenvalue weighted by atomic mass is 9.90. The summed E-state index contributed by atoms with van der Waals surface area (Å²) in [5.41, 5.74) is 0.703. The number of hydrogen-bond acceptors (Lipinski definition) is 1. The molecule has 0 aliphatic heterocycles. The molecule has 88 valence electrons. The highest BCUT2D eigenvalue weighted by atomic mass is 19.1. The molecule has 1 aliphatic rings. The average molecular weight is 222 g/mol. The summed E-state index contributed by atoms with van der Waals surface area (Å²) in [6, 6.07) is 5.00. The second-order valence-electron chi connectivity index (χ2n) is 5.28. The molecule has 0 bridgehead atoms. The topological polar surface area (TPSA) is 20.2 Å². The first-order valence-electron chi connectivity index (χ1n) is 6.01.